The molecule has 3 heteroatoms. The second-order valence-electron chi connectivity index (χ2n) is 4.43. The molecule has 0 N–H and O–H groups in total. The molecule has 1 aromatic rings. The van der Waals surface area contributed by atoms with Gasteiger partial charge in [-0.15, -0.1) is 0 Å². The lowest BCUT2D eigenvalue weighted by atomic mass is 10.2. The summed E-state index contributed by atoms with van der Waals surface area (Å²) < 4.78 is 23.2. The van der Waals surface area contributed by atoms with Crippen molar-refractivity contribution < 1.29 is 8.42 Å². The first kappa shape index (κ1) is 11.2. The molecule has 0 unspecified atom stereocenters. The highest BCUT2D eigenvalue weighted by Gasteiger charge is 2.30. The third-order valence-electron chi connectivity index (χ3n) is 2.14. The van der Waals surface area contributed by atoms with Gasteiger partial charge in [-0.1, -0.05) is 17.7 Å². The molecule has 0 aliphatic carbocycles. The fraction of sp³-hybridized carbons (Fsp3) is 0.455. The zero-order chi connectivity index (χ0) is 11.0. The number of benzene rings is 1. The third kappa shape index (κ3) is 1.98. The maximum atomic E-state index is 12.0. The molecule has 0 aliphatic rings. The first-order valence-electron chi connectivity index (χ1n) is 4.56. The Bertz CT molecular complexity index is 408. The summed E-state index contributed by atoms with van der Waals surface area (Å²) in [5.74, 6) is 0. The summed E-state index contributed by atoms with van der Waals surface area (Å²) in [6.45, 7) is 7.07. The average molecular weight is 212 g/mol. The second-order valence-corrected chi connectivity index (χ2v) is 7.13. The normalized spacial score (nSPS) is 12.9. The SMILES string of the molecule is Cc1ccc(S(=O)(=O)C(C)(C)C)cc1. The zero-order valence-electron chi connectivity index (χ0n) is 9.03. The molecule has 78 valence electrons. The minimum absolute atomic E-state index is 0.399. The van der Waals surface area contributed by atoms with E-state index in [0.717, 1.165) is 5.56 Å². The van der Waals surface area contributed by atoms with E-state index in [0.29, 0.717) is 4.90 Å². The highest BCUT2D eigenvalue weighted by atomic mass is 32.2. The lowest BCUT2D eigenvalue weighted by molar-refractivity contribution is 0.560. The predicted molar refractivity (Wildman–Crippen MR) is 58.1 cm³/mol. The molecule has 0 saturated carbocycles. The maximum Gasteiger partial charge on any atom is 0.183 e. The standard InChI is InChI=1S/C11H16O2S/c1-9-5-7-10(8-6-9)14(12,13)11(2,3)4/h5-8H,1-4H3. The van der Waals surface area contributed by atoms with Crippen molar-refractivity contribution in [2.75, 3.05) is 0 Å². The van der Waals surface area contributed by atoms with Gasteiger partial charge in [0.1, 0.15) is 0 Å². The minimum atomic E-state index is -3.19. The summed E-state index contributed by atoms with van der Waals surface area (Å²) in [4.78, 5) is 0.399. The Labute approximate surface area is 85.9 Å². The van der Waals surface area contributed by atoms with E-state index in [9.17, 15) is 8.42 Å². The van der Waals surface area contributed by atoms with Gasteiger partial charge < -0.3 is 0 Å². The van der Waals surface area contributed by atoms with Crippen LogP contribution in [0.5, 0.6) is 0 Å². The molecular weight excluding hydrogens is 196 g/mol. The van der Waals surface area contributed by atoms with E-state index in [1.54, 1.807) is 32.9 Å². The van der Waals surface area contributed by atoms with Crippen LogP contribution in [0.15, 0.2) is 29.2 Å². The molecule has 0 fully saturated rings. The molecule has 0 heterocycles. The van der Waals surface area contributed by atoms with Crippen molar-refractivity contribution in [3.63, 3.8) is 0 Å². The van der Waals surface area contributed by atoms with Gasteiger partial charge in [-0.05, 0) is 39.8 Å². The van der Waals surface area contributed by atoms with E-state index in [1.807, 2.05) is 19.1 Å². The summed E-state index contributed by atoms with van der Waals surface area (Å²) in [5.41, 5.74) is 1.07. The van der Waals surface area contributed by atoms with Crippen molar-refractivity contribution in [3.05, 3.63) is 29.8 Å². The Morgan fingerprint density at radius 1 is 1.00 bits per heavy atom. The van der Waals surface area contributed by atoms with Crippen molar-refractivity contribution in [1.82, 2.24) is 0 Å². The highest BCUT2D eigenvalue weighted by molar-refractivity contribution is 7.92. The van der Waals surface area contributed by atoms with Crippen molar-refractivity contribution in [1.29, 1.82) is 0 Å². The maximum absolute atomic E-state index is 12.0. The van der Waals surface area contributed by atoms with Crippen LogP contribution in [-0.4, -0.2) is 13.2 Å². The molecule has 0 atom stereocenters. The molecule has 0 bridgehead atoms. The lowest BCUT2D eigenvalue weighted by Gasteiger charge is -2.19. The quantitative estimate of drug-likeness (QED) is 0.717. The van der Waals surface area contributed by atoms with Crippen molar-refractivity contribution >= 4 is 9.84 Å². The molecule has 0 amide bonds. The van der Waals surface area contributed by atoms with Gasteiger partial charge in [0.15, 0.2) is 9.84 Å². The fourth-order valence-corrected chi connectivity index (χ4v) is 2.27. The summed E-state index contributed by atoms with van der Waals surface area (Å²) in [5, 5.41) is 0. The number of aryl methyl sites for hydroxylation is 1. The first-order chi connectivity index (χ1) is 6.25. The lowest BCUT2D eigenvalue weighted by Crippen LogP contribution is -2.27. The van der Waals surface area contributed by atoms with Crippen LogP contribution in [0.2, 0.25) is 0 Å². The van der Waals surface area contributed by atoms with E-state index in [1.165, 1.54) is 0 Å². The summed E-state index contributed by atoms with van der Waals surface area (Å²) in [7, 11) is -3.19. The van der Waals surface area contributed by atoms with Gasteiger partial charge in [0, 0.05) is 0 Å². The Balaban J connectivity index is 3.25. The largest absolute Gasteiger partial charge is 0.223 e. The molecule has 0 spiro atoms. The second kappa shape index (κ2) is 3.39. The molecule has 0 saturated heterocycles. The van der Waals surface area contributed by atoms with Crippen molar-refractivity contribution in [3.8, 4) is 0 Å². The van der Waals surface area contributed by atoms with Crippen LogP contribution in [-0.2, 0) is 9.84 Å². The van der Waals surface area contributed by atoms with Crippen molar-refractivity contribution in [2.45, 2.75) is 37.3 Å². The van der Waals surface area contributed by atoms with E-state index >= 15 is 0 Å². The van der Waals surface area contributed by atoms with E-state index in [-0.39, 0.29) is 0 Å². The van der Waals surface area contributed by atoms with Crippen LogP contribution < -0.4 is 0 Å². The number of hydrogen-bond donors (Lipinski definition) is 0. The van der Waals surface area contributed by atoms with Crippen LogP contribution in [0.25, 0.3) is 0 Å². The van der Waals surface area contributed by atoms with Crippen molar-refractivity contribution in [2.24, 2.45) is 0 Å². The minimum Gasteiger partial charge on any atom is -0.223 e. The number of hydrogen-bond acceptors (Lipinski definition) is 2. The van der Waals surface area contributed by atoms with E-state index in [2.05, 4.69) is 0 Å². The van der Waals surface area contributed by atoms with Gasteiger partial charge >= 0.3 is 0 Å². The Morgan fingerprint density at radius 3 is 1.79 bits per heavy atom. The molecule has 14 heavy (non-hydrogen) atoms. The van der Waals surface area contributed by atoms with Crippen LogP contribution >= 0.6 is 0 Å². The van der Waals surface area contributed by atoms with Gasteiger partial charge in [-0.2, -0.15) is 0 Å². The molecule has 0 aromatic heterocycles. The summed E-state index contributed by atoms with van der Waals surface area (Å²) in [6, 6.07) is 6.96. The van der Waals surface area contributed by atoms with E-state index in [4.69, 9.17) is 0 Å². The van der Waals surface area contributed by atoms with Gasteiger partial charge in [0.2, 0.25) is 0 Å². The highest BCUT2D eigenvalue weighted by Crippen LogP contribution is 2.24. The van der Waals surface area contributed by atoms with Crippen LogP contribution in [0.1, 0.15) is 26.3 Å². The van der Waals surface area contributed by atoms with Gasteiger partial charge in [0.25, 0.3) is 0 Å². The molecule has 1 rings (SSSR count). The van der Waals surface area contributed by atoms with Crippen LogP contribution in [0.4, 0.5) is 0 Å². The topological polar surface area (TPSA) is 34.1 Å². The van der Waals surface area contributed by atoms with Gasteiger partial charge in [0.05, 0.1) is 9.64 Å². The molecule has 1 aromatic carbocycles. The average Bonchev–Trinajstić information content (AvgIpc) is 2.03. The first-order valence-corrected chi connectivity index (χ1v) is 6.05. The molecule has 2 nitrogen and oxygen atoms in total. The fourth-order valence-electron chi connectivity index (χ4n) is 1.07. The third-order valence-corrected chi connectivity index (χ3v) is 4.64. The molecular formula is C11H16O2S. The summed E-state index contributed by atoms with van der Waals surface area (Å²) >= 11 is 0. The Hall–Kier alpha value is -0.830. The van der Waals surface area contributed by atoms with Crippen LogP contribution in [0, 0.1) is 6.92 Å². The molecule has 0 radical (unpaired) electrons. The number of rotatable bonds is 1. The van der Waals surface area contributed by atoms with E-state index < -0.39 is 14.6 Å². The van der Waals surface area contributed by atoms with Gasteiger partial charge in [-0.25, -0.2) is 8.42 Å². The van der Waals surface area contributed by atoms with Crippen LogP contribution in [0.3, 0.4) is 0 Å². The zero-order valence-corrected chi connectivity index (χ0v) is 9.85. The monoisotopic (exact) mass is 212 g/mol. The Kier molecular flexibility index (Phi) is 2.72. The molecule has 0 aliphatic heterocycles. The van der Waals surface area contributed by atoms with Gasteiger partial charge in [-0.3, -0.25) is 0 Å². The predicted octanol–water partition coefficient (Wildman–Crippen LogP) is 2.57. The number of sulfone groups is 1. The smallest absolute Gasteiger partial charge is 0.183 e. The summed E-state index contributed by atoms with van der Waals surface area (Å²) in [6.07, 6.45) is 0. The Morgan fingerprint density at radius 2 is 1.43 bits per heavy atom.